The Morgan fingerprint density at radius 2 is 1.88 bits per heavy atom. The maximum atomic E-state index is 12.1. The van der Waals surface area contributed by atoms with Crippen molar-refractivity contribution in [2.24, 2.45) is 0 Å². The number of sulfone groups is 1. The molecule has 0 aliphatic heterocycles. The fraction of sp³-hybridized carbons (Fsp3) is 0.222. The van der Waals surface area contributed by atoms with Crippen LogP contribution in [0.15, 0.2) is 24.3 Å². The second-order valence-electron chi connectivity index (χ2n) is 3.21. The monoisotopic (exact) mass is 268 g/mol. The standard InChI is InChI=1S/C9H7F3O4S/c10-9(11,12)17(15,16)5-6-2-1-3-7(4-6)8(13)14/h1-4H,5H2,(H,13,14). The Balaban J connectivity index is 3.05. The third kappa shape index (κ3) is 3.19. The van der Waals surface area contributed by atoms with Crippen molar-refractivity contribution in [3.63, 3.8) is 0 Å². The van der Waals surface area contributed by atoms with Crippen LogP contribution in [0.2, 0.25) is 0 Å². The van der Waals surface area contributed by atoms with Crippen molar-refractivity contribution in [3.05, 3.63) is 35.4 Å². The zero-order valence-electron chi connectivity index (χ0n) is 8.23. The fourth-order valence-corrected chi connectivity index (χ4v) is 1.88. The number of hydrogen-bond donors (Lipinski definition) is 1. The summed E-state index contributed by atoms with van der Waals surface area (Å²) < 4.78 is 57.9. The minimum atomic E-state index is -5.34. The van der Waals surface area contributed by atoms with E-state index in [1.54, 1.807) is 0 Å². The van der Waals surface area contributed by atoms with Crippen LogP contribution in [0.5, 0.6) is 0 Å². The molecular formula is C9H7F3O4S. The Kier molecular flexibility index (Phi) is 3.46. The number of carboxylic acid groups (broad SMARTS) is 1. The van der Waals surface area contributed by atoms with Gasteiger partial charge in [-0.15, -0.1) is 0 Å². The van der Waals surface area contributed by atoms with Crippen LogP contribution in [0.1, 0.15) is 15.9 Å². The van der Waals surface area contributed by atoms with Gasteiger partial charge >= 0.3 is 11.5 Å². The van der Waals surface area contributed by atoms with Crippen molar-refractivity contribution in [3.8, 4) is 0 Å². The number of rotatable bonds is 3. The van der Waals surface area contributed by atoms with Crippen molar-refractivity contribution in [1.29, 1.82) is 0 Å². The molecule has 0 unspecified atom stereocenters. The minimum Gasteiger partial charge on any atom is -0.478 e. The number of carboxylic acids is 1. The van der Waals surface area contributed by atoms with Gasteiger partial charge in [0.2, 0.25) is 0 Å². The molecule has 0 saturated heterocycles. The number of alkyl halides is 3. The molecule has 0 aromatic heterocycles. The lowest BCUT2D eigenvalue weighted by atomic mass is 10.1. The molecule has 0 atom stereocenters. The Bertz CT molecular complexity index is 533. The Labute approximate surface area is 94.6 Å². The van der Waals surface area contributed by atoms with Crippen LogP contribution >= 0.6 is 0 Å². The van der Waals surface area contributed by atoms with Gasteiger partial charge in [0, 0.05) is 0 Å². The van der Waals surface area contributed by atoms with Gasteiger partial charge in [-0.3, -0.25) is 0 Å². The summed E-state index contributed by atoms with van der Waals surface area (Å²) in [6, 6.07) is 4.36. The van der Waals surface area contributed by atoms with Crippen molar-refractivity contribution in [1.82, 2.24) is 0 Å². The van der Waals surface area contributed by atoms with Crippen LogP contribution in [0.4, 0.5) is 13.2 Å². The average Bonchev–Trinajstić information content (AvgIpc) is 2.15. The quantitative estimate of drug-likeness (QED) is 0.907. The summed E-state index contributed by atoms with van der Waals surface area (Å²) >= 11 is 0. The molecule has 1 N–H and O–H groups in total. The van der Waals surface area contributed by atoms with E-state index in [1.165, 1.54) is 6.07 Å². The number of carbonyl (C=O) groups is 1. The van der Waals surface area contributed by atoms with E-state index in [2.05, 4.69) is 0 Å². The van der Waals surface area contributed by atoms with E-state index in [1.807, 2.05) is 0 Å². The molecule has 17 heavy (non-hydrogen) atoms. The third-order valence-corrected chi connectivity index (χ3v) is 3.30. The fourth-order valence-electron chi connectivity index (χ4n) is 1.10. The maximum Gasteiger partial charge on any atom is 0.497 e. The summed E-state index contributed by atoms with van der Waals surface area (Å²) in [6.07, 6.45) is 0. The van der Waals surface area contributed by atoms with Crippen molar-refractivity contribution >= 4 is 15.8 Å². The predicted octanol–water partition coefficient (Wildman–Crippen LogP) is 1.82. The van der Waals surface area contributed by atoms with Gasteiger partial charge in [0.1, 0.15) is 0 Å². The first-order chi connectivity index (χ1) is 7.63. The molecule has 1 rings (SSSR count). The van der Waals surface area contributed by atoms with Crippen LogP contribution < -0.4 is 0 Å². The maximum absolute atomic E-state index is 12.1. The molecule has 0 fully saturated rings. The highest BCUT2D eigenvalue weighted by Gasteiger charge is 2.45. The second-order valence-corrected chi connectivity index (χ2v) is 5.19. The highest BCUT2D eigenvalue weighted by atomic mass is 32.2. The topological polar surface area (TPSA) is 71.4 Å². The molecule has 8 heteroatoms. The molecule has 0 amide bonds. The van der Waals surface area contributed by atoms with Crippen LogP contribution in [0.3, 0.4) is 0 Å². The largest absolute Gasteiger partial charge is 0.497 e. The van der Waals surface area contributed by atoms with E-state index in [9.17, 15) is 26.4 Å². The van der Waals surface area contributed by atoms with Gasteiger partial charge in [-0.05, 0) is 17.7 Å². The van der Waals surface area contributed by atoms with E-state index in [0.29, 0.717) is 0 Å². The van der Waals surface area contributed by atoms with Gasteiger partial charge in [0.05, 0.1) is 11.3 Å². The first-order valence-electron chi connectivity index (χ1n) is 4.25. The molecule has 0 aliphatic rings. The molecule has 0 radical (unpaired) electrons. The normalized spacial score (nSPS) is 12.4. The molecule has 0 heterocycles. The number of hydrogen-bond acceptors (Lipinski definition) is 3. The van der Waals surface area contributed by atoms with E-state index < -0.39 is 27.1 Å². The number of halogens is 3. The summed E-state index contributed by atoms with van der Waals surface area (Å²) in [5.74, 6) is -2.60. The lowest BCUT2D eigenvalue weighted by molar-refractivity contribution is -0.0437. The Morgan fingerprint density at radius 3 is 2.35 bits per heavy atom. The third-order valence-electron chi connectivity index (χ3n) is 1.88. The summed E-state index contributed by atoms with van der Waals surface area (Å²) in [4.78, 5) is 10.5. The Morgan fingerprint density at radius 1 is 1.29 bits per heavy atom. The first kappa shape index (κ1) is 13.5. The minimum absolute atomic E-state index is 0.220. The van der Waals surface area contributed by atoms with Gasteiger partial charge in [0.25, 0.3) is 9.84 Å². The van der Waals surface area contributed by atoms with Crippen LogP contribution in [0, 0.1) is 0 Å². The SMILES string of the molecule is O=C(O)c1cccc(CS(=O)(=O)C(F)(F)F)c1. The molecular weight excluding hydrogens is 261 g/mol. The van der Waals surface area contributed by atoms with E-state index in [-0.39, 0.29) is 11.1 Å². The van der Waals surface area contributed by atoms with Crippen molar-refractivity contribution in [2.45, 2.75) is 11.3 Å². The number of benzene rings is 1. The van der Waals surface area contributed by atoms with Gasteiger partial charge in [-0.25, -0.2) is 13.2 Å². The van der Waals surface area contributed by atoms with Crippen LogP contribution in [-0.4, -0.2) is 25.0 Å². The second kappa shape index (κ2) is 4.36. The summed E-state index contributed by atoms with van der Waals surface area (Å²) in [7, 11) is -5.29. The van der Waals surface area contributed by atoms with Gasteiger partial charge in [-0.2, -0.15) is 13.2 Å². The zero-order valence-corrected chi connectivity index (χ0v) is 9.05. The molecule has 4 nitrogen and oxygen atoms in total. The molecule has 1 aromatic carbocycles. The summed E-state index contributed by atoms with van der Waals surface area (Å²) in [5, 5.41) is 8.60. The predicted molar refractivity (Wildman–Crippen MR) is 52.1 cm³/mol. The van der Waals surface area contributed by atoms with Crippen molar-refractivity contribution < 1.29 is 31.5 Å². The van der Waals surface area contributed by atoms with E-state index in [0.717, 1.165) is 18.2 Å². The lowest BCUT2D eigenvalue weighted by Gasteiger charge is -2.08. The molecule has 0 aliphatic carbocycles. The number of aromatic carboxylic acids is 1. The van der Waals surface area contributed by atoms with Gasteiger partial charge in [0.15, 0.2) is 0 Å². The molecule has 0 spiro atoms. The molecule has 1 aromatic rings. The summed E-state index contributed by atoms with van der Waals surface area (Å²) in [5.41, 5.74) is -5.83. The van der Waals surface area contributed by atoms with E-state index >= 15 is 0 Å². The molecule has 0 saturated carbocycles. The van der Waals surface area contributed by atoms with Gasteiger partial charge < -0.3 is 5.11 Å². The Hall–Kier alpha value is -1.57. The highest BCUT2D eigenvalue weighted by molar-refractivity contribution is 7.91. The average molecular weight is 268 g/mol. The lowest BCUT2D eigenvalue weighted by Crippen LogP contribution is -2.24. The highest BCUT2D eigenvalue weighted by Crippen LogP contribution is 2.26. The van der Waals surface area contributed by atoms with Crippen LogP contribution in [-0.2, 0) is 15.6 Å². The first-order valence-corrected chi connectivity index (χ1v) is 5.90. The zero-order chi connectivity index (χ0) is 13.3. The van der Waals surface area contributed by atoms with Gasteiger partial charge in [-0.1, -0.05) is 12.1 Å². The smallest absolute Gasteiger partial charge is 0.478 e. The van der Waals surface area contributed by atoms with Crippen molar-refractivity contribution in [2.75, 3.05) is 0 Å². The van der Waals surface area contributed by atoms with Crippen LogP contribution in [0.25, 0.3) is 0 Å². The molecule has 0 bridgehead atoms. The van der Waals surface area contributed by atoms with E-state index in [4.69, 9.17) is 5.11 Å². The summed E-state index contributed by atoms with van der Waals surface area (Å²) in [6.45, 7) is 0. The molecule has 94 valence electrons.